The van der Waals surface area contributed by atoms with E-state index in [1.807, 2.05) is 42.5 Å². The molecule has 1 amide bonds. The number of fused-ring (bicyclic) bond motifs is 1. The first-order valence-electron chi connectivity index (χ1n) is 11.1. The predicted molar refractivity (Wildman–Crippen MR) is 128 cm³/mol. The van der Waals surface area contributed by atoms with Crippen LogP contribution in [0, 0.1) is 0 Å². The highest BCUT2D eigenvalue weighted by molar-refractivity contribution is 6.02. The Bertz CT molecular complexity index is 1130. The lowest BCUT2D eigenvalue weighted by molar-refractivity contribution is -0.118. The number of anilines is 1. The van der Waals surface area contributed by atoms with Crippen LogP contribution in [-0.2, 0) is 22.2 Å². The minimum absolute atomic E-state index is 0. The highest BCUT2D eigenvalue weighted by atomic mass is 16.5. The number of hydrogen-bond donors (Lipinski definition) is 3. The zero-order valence-corrected chi connectivity index (χ0v) is 19.2. The van der Waals surface area contributed by atoms with Crippen molar-refractivity contribution < 1.29 is 21.2 Å². The second-order valence-corrected chi connectivity index (χ2v) is 9.76. The quantitative estimate of drug-likeness (QED) is 0.516. The molecular weight excluding hydrogens is 404 g/mol. The number of rotatable bonds is 7. The number of hydrogen-bond acceptors (Lipinski definition) is 4. The molecule has 0 bridgehead atoms. The van der Waals surface area contributed by atoms with Crippen LogP contribution in [0.2, 0.25) is 0 Å². The van der Waals surface area contributed by atoms with Gasteiger partial charge in [0.15, 0.2) is 0 Å². The topological polar surface area (TPSA) is 83.7 Å². The van der Waals surface area contributed by atoms with E-state index in [1.165, 1.54) is 0 Å². The smallest absolute Gasteiger partial charge is 0.235 e. The lowest BCUT2D eigenvalue weighted by Crippen LogP contribution is -2.27. The molecule has 1 aromatic heterocycles. The Morgan fingerprint density at radius 2 is 1.88 bits per heavy atom. The summed E-state index contributed by atoms with van der Waals surface area (Å²) in [6.07, 6.45) is 0.832. The number of amides is 1. The molecule has 2 aromatic carbocycles. The van der Waals surface area contributed by atoms with Crippen molar-refractivity contribution in [3.05, 3.63) is 59.8 Å². The summed E-state index contributed by atoms with van der Waals surface area (Å²) < 4.78 is 7.29. The van der Waals surface area contributed by atoms with Crippen molar-refractivity contribution in [3.63, 3.8) is 0 Å². The second kappa shape index (κ2) is 8.26. The summed E-state index contributed by atoms with van der Waals surface area (Å²) in [5, 5.41) is 23.5. The first-order valence-corrected chi connectivity index (χ1v) is 11.1. The molecule has 3 N–H and O–H groups in total. The van der Waals surface area contributed by atoms with Gasteiger partial charge in [0.2, 0.25) is 5.91 Å². The summed E-state index contributed by atoms with van der Waals surface area (Å²) in [5.41, 5.74) is 3.19. The molecule has 0 spiro atoms. The fourth-order valence-electron chi connectivity index (χ4n) is 4.37. The van der Waals surface area contributed by atoms with Gasteiger partial charge < -0.3 is 24.8 Å². The van der Waals surface area contributed by atoms with E-state index in [9.17, 15) is 15.0 Å². The first kappa shape index (κ1) is 22.4. The van der Waals surface area contributed by atoms with Crippen LogP contribution in [0.25, 0.3) is 10.9 Å². The van der Waals surface area contributed by atoms with Crippen molar-refractivity contribution >= 4 is 22.5 Å². The van der Waals surface area contributed by atoms with E-state index in [2.05, 4.69) is 36.7 Å². The zero-order valence-electron chi connectivity index (χ0n) is 19.2. The first-order chi connectivity index (χ1) is 15.2. The van der Waals surface area contributed by atoms with E-state index >= 15 is 0 Å². The number of nitrogens with zero attached hydrogens (tertiary/aromatic N) is 1. The van der Waals surface area contributed by atoms with Crippen LogP contribution in [0.5, 0.6) is 5.75 Å². The highest BCUT2D eigenvalue weighted by Gasteiger charge is 2.51. The summed E-state index contributed by atoms with van der Waals surface area (Å²) >= 11 is 0. The molecule has 0 radical (unpaired) electrons. The molecule has 172 valence electrons. The van der Waals surface area contributed by atoms with Gasteiger partial charge in [-0.1, -0.05) is 32.9 Å². The molecule has 1 aliphatic rings. The van der Waals surface area contributed by atoms with Crippen LogP contribution < -0.4 is 10.1 Å². The average Bonchev–Trinajstić information content (AvgIpc) is 3.50. The fourth-order valence-corrected chi connectivity index (χ4v) is 4.37. The molecule has 6 nitrogen and oxygen atoms in total. The number of methoxy groups -OCH3 is 1. The molecule has 3 aromatic rings. The third-order valence-corrected chi connectivity index (χ3v) is 6.36. The number of aliphatic hydroxyl groups excluding tert-OH is 2. The molecule has 1 aliphatic carbocycles. The van der Waals surface area contributed by atoms with Crippen LogP contribution in [0.1, 0.15) is 46.3 Å². The van der Waals surface area contributed by atoms with E-state index in [4.69, 9.17) is 4.74 Å². The van der Waals surface area contributed by atoms with Crippen molar-refractivity contribution in [3.8, 4) is 5.75 Å². The Morgan fingerprint density at radius 3 is 2.44 bits per heavy atom. The summed E-state index contributed by atoms with van der Waals surface area (Å²) in [5.74, 6) is 0.786. The lowest BCUT2D eigenvalue weighted by atomic mass is 9.92. The summed E-state index contributed by atoms with van der Waals surface area (Å²) in [6, 6.07) is 15.7. The fraction of sp³-hybridized carbons (Fsp3) is 0.423. The zero-order chi connectivity index (χ0) is 23.1. The van der Waals surface area contributed by atoms with Gasteiger partial charge in [0, 0.05) is 29.1 Å². The molecule has 1 atom stereocenters. The maximum Gasteiger partial charge on any atom is 0.235 e. The molecule has 0 aliphatic heterocycles. The van der Waals surface area contributed by atoms with Gasteiger partial charge in [-0.15, -0.1) is 0 Å². The van der Waals surface area contributed by atoms with E-state index in [0.29, 0.717) is 6.54 Å². The molecule has 4 rings (SSSR count). The molecule has 0 saturated heterocycles. The minimum Gasteiger partial charge on any atom is -0.497 e. The highest BCUT2D eigenvalue weighted by Crippen LogP contribution is 2.49. The normalized spacial score (nSPS) is 16.1. The van der Waals surface area contributed by atoms with Crippen molar-refractivity contribution in [2.24, 2.45) is 0 Å². The van der Waals surface area contributed by atoms with Crippen LogP contribution in [0.15, 0.2) is 48.5 Å². The van der Waals surface area contributed by atoms with Crippen molar-refractivity contribution in [1.82, 2.24) is 4.57 Å². The van der Waals surface area contributed by atoms with Gasteiger partial charge in [0.25, 0.3) is 0 Å². The average molecular weight is 439 g/mol. The minimum atomic E-state index is -0.828. The van der Waals surface area contributed by atoms with E-state index in [1.54, 1.807) is 7.11 Å². The Kier molecular flexibility index (Phi) is 5.77. The molecule has 6 heteroatoms. The standard InChI is InChI=1S/C26H32N2O4.H2/c1-25(2,3)23-14-17-13-19(7-10-22(17)28(23)15-20(30)16-29)27-24(31)26(11-12-26)18-5-8-21(32-4)9-6-18;/h5-10,13-14,20,29-30H,11-12,15-16H2,1-4H3,(H,27,31);1H/t20-;/m1./s1. The monoisotopic (exact) mass is 438 g/mol. The third kappa shape index (κ3) is 4.12. The van der Waals surface area contributed by atoms with Crippen molar-refractivity contribution in [2.75, 3.05) is 19.0 Å². The summed E-state index contributed by atoms with van der Waals surface area (Å²) in [6.45, 7) is 6.40. The molecule has 0 unspecified atom stereocenters. The molecule has 1 fully saturated rings. The van der Waals surface area contributed by atoms with Crippen molar-refractivity contribution in [1.29, 1.82) is 0 Å². The third-order valence-electron chi connectivity index (χ3n) is 6.36. The Hall–Kier alpha value is -2.83. The number of aromatic nitrogens is 1. The molecule has 1 heterocycles. The van der Waals surface area contributed by atoms with Gasteiger partial charge in [-0.3, -0.25) is 4.79 Å². The Balaban J connectivity index is 0.00000306. The molecular formula is C26H34N2O4. The number of carbonyl (C=O) groups excluding carboxylic acids is 1. The number of aliphatic hydroxyl groups is 2. The van der Waals surface area contributed by atoms with Gasteiger partial charge in [-0.2, -0.15) is 0 Å². The SMILES string of the molecule is COc1ccc(C2(C(=O)Nc3ccc4c(c3)cc(C(C)(C)C)n4C[C@@H](O)CO)CC2)cc1.[HH]. The summed E-state index contributed by atoms with van der Waals surface area (Å²) in [4.78, 5) is 13.2. The molecule has 32 heavy (non-hydrogen) atoms. The van der Waals surface area contributed by atoms with E-state index < -0.39 is 11.5 Å². The number of carbonyl (C=O) groups is 1. The largest absolute Gasteiger partial charge is 0.497 e. The van der Waals surface area contributed by atoms with Gasteiger partial charge in [-0.05, 0) is 54.8 Å². The van der Waals surface area contributed by atoms with Gasteiger partial charge in [0.1, 0.15) is 5.75 Å². The number of ether oxygens (including phenoxy) is 1. The maximum atomic E-state index is 13.2. The van der Waals surface area contributed by atoms with Gasteiger partial charge >= 0.3 is 0 Å². The van der Waals surface area contributed by atoms with Crippen LogP contribution >= 0.6 is 0 Å². The number of benzene rings is 2. The Labute approximate surface area is 190 Å². The maximum absolute atomic E-state index is 13.2. The van der Waals surface area contributed by atoms with Gasteiger partial charge in [-0.25, -0.2) is 0 Å². The Morgan fingerprint density at radius 1 is 1.19 bits per heavy atom. The van der Waals surface area contributed by atoms with Crippen LogP contribution in [0.4, 0.5) is 5.69 Å². The van der Waals surface area contributed by atoms with Crippen LogP contribution in [-0.4, -0.2) is 40.5 Å². The van der Waals surface area contributed by atoms with Crippen molar-refractivity contribution in [2.45, 2.75) is 57.1 Å². The van der Waals surface area contributed by atoms with E-state index in [-0.39, 0.29) is 19.4 Å². The summed E-state index contributed by atoms with van der Waals surface area (Å²) in [7, 11) is 1.63. The number of nitrogens with one attached hydrogen (secondary N) is 1. The van der Waals surface area contributed by atoms with E-state index in [0.717, 1.165) is 46.4 Å². The second-order valence-electron chi connectivity index (χ2n) is 9.76. The molecule has 1 saturated carbocycles. The predicted octanol–water partition coefficient (Wildman–Crippen LogP) is 4.22. The lowest BCUT2D eigenvalue weighted by Gasteiger charge is -2.23. The van der Waals surface area contributed by atoms with Gasteiger partial charge in [0.05, 0.1) is 31.8 Å². The van der Waals surface area contributed by atoms with Crippen LogP contribution in [0.3, 0.4) is 0 Å².